The van der Waals surface area contributed by atoms with Crippen LogP contribution in [0.5, 0.6) is 5.75 Å². The summed E-state index contributed by atoms with van der Waals surface area (Å²) >= 11 is 5.13. The zero-order valence-corrected chi connectivity index (χ0v) is 24.7. The van der Waals surface area contributed by atoms with Crippen LogP contribution in [0, 0.1) is 11.8 Å². The Labute approximate surface area is 245 Å². The number of amides is 1. The molecular formula is C31H40ClN3O4S. The van der Waals surface area contributed by atoms with Crippen LogP contribution in [0.25, 0.3) is 0 Å². The fraction of sp³-hybridized carbons (Fsp3) is 0.516. The molecule has 2 aliphatic carbocycles. The maximum Gasteiger partial charge on any atom is 0.248 e. The number of nitrogens with zero attached hydrogens (tertiary/aromatic N) is 1. The number of carbonyl (C=O) groups is 1. The highest BCUT2D eigenvalue weighted by atomic mass is 35.5. The Bertz CT molecular complexity index is 1240. The molecular weight excluding hydrogens is 546 g/mol. The highest BCUT2D eigenvalue weighted by Gasteiger charge is 2.44. The van der Waals surface area contributed by atoms with Gasteiger partial charge in [0.1, 0.15) is 11.5 Å². The van der Waals surface area contributed by atoms with Crippen molar-refractivity contribution in [3.8, 4) is 5.75 Å². The third kappa shape index (κ3) is 6.31. The van der Waals surface area contributed by atoms with E-state index < -0.39 is 17.3 Å². The normalized spacial score (nSPS) is 25.4. The zero-order chi connectivity index (χ0) is 28.3. The summed E-state index contributed by atoms with van der Waals surface area (Å²) < 4.78 is 23.6. The maximum absolute atomic E-state index is 12.1. The molecule has 1 fully saturated rings. The summed E-state index contributed by atoms with van der Waals surface area (Å²) in [6.07, 6.45) is 11.3. The van der Waals surface area contributed by atoms with Gasteiger partial charge in [-0.1, -0.05) is 29.8 Å². The second-order valence-electron chi connectivity index (χ2n) is 11.5. The number of rotatable bonds is 10. The smallest absolute Gasteiger partial charge is 0.248 e. The first-order valence-electron chi connectivity index (χ1n) is 14.2. The average molecular weight is 586 g/mol. The van der Waals surface area contributed by atoms with E-state index in [1.165, 1.54) is 11.1 Å². The maximum atomic E-state index is 12.1. The summed E-state index contributed by atoms with van der Waals surface area (Å²) in [5.74, 6) is 1.68. The standard InChI is InChI=1S/C31H40ClN3O4S/c1-38-28(7-3-2-4-15-40(34)37)25-11-8-23(25)18-35-19-31(14-5-6-21-16-24(32)10-12-26(21)31)20-39-29-13-9-22(30(33)36)17-27(29)35/h3,7,9-10,12-13,16-17,23,25,28H,2,4-6,8,11,14-15,18-20,34H2,1H3,(H2,33,36)/b7-3+/t23-,25+,28-,31-,40?/m0/s1. The molecule has 0 saturated heterocycles. The molecule has 7 nitrogen and oxygen atoms in total. The van der Waals surface area contributed by atoms with Crippen LogP contribution >= 0.6 is 11.6 Å². The Morgan fingerprint density at radius 2 is 2.17 bits per heavy atom. The number of hydrogen-bond acceptors (Lipinski definition) is 6. The molecule has 2 aromatic carbocycles. The predicted molar refractivity (Wildman–Crippen MR) is 161 cm³/mol. The molecule has 0 bridgehead atoms. The first-order valence-corrected chi connectivity index (χ1v) is 16.0. The highest BCUT2D eigenvalue weighted by Crippen LogP contribution is 2.46. The lowest BCUT2D eigenvalue weighted by atomic mass is 9.68. The summed E-state index contributed by atoms with van der Waals surface area (Å²) in [5, 5.41) is 6.15. The van der Waals surface area contributed by atoms with Crippen LogP contribution in [0.3, 0.4) is 0 Å². The number of primary amides is 1. The van der Waals surface area contributed by atoms with E-state index in [2.05, 4.69) is 29.2 Å². The Kier molecular flexibility index (Phi) is 9.32. The number of aryl methyl sites for hydroxylation is 1. The van der Waals surface area contributed by atoms with Gasteiger partial charge in [-0.05, 0) is 98.2 Å². The largest absolute Gasteiger partial charge is 0.598 e. The SMILES string of the molecule is CO[C@@H](/C=C/CCC[S+](N)[O-])[C@@H]1CC[C@H]1CN1C[C@@]2(CCCc3cc(Cl)ccc32)COc2ccc(C(N)=O)cc21. The third-order valence-electron chi connectivity index (χ3n) is 8.99. The molecule has 1 spiro atoms. The van der Waals surface area contributed by atoms with Crippen molar-refractivity contribution >= 4 is 34.6 Å². The summed E-state index contributed by atoms with van der Waals surface area (Å²) in [6.45, 7) is 2.21. The Morgan fingerprint density at radius 3 is 2.90 bits per heavy atom. The van der Waals surface area contributed by atoms with Crippen molar-refractivity contribution in [2.45, 2.75) is 56.5 Å². The number of carbonyl (C=O) groups excluding carboxylic acids is 1. The number of methoxy groups -OCH3 is 1. The molecule has 1 aliphatic heterocycles. The topological polar surface area (TPSA) is 114 Å². The molecule has 9 heteroatoms. The molecule has 1 saturated carbocycles. The number of allylic oxidation sites excluding steroid dienone is 1. The van der Waals surface area contributed by atoms with Gasteiger partial charge in [0, 0.05) is 47.6 Å². The molecule has 0 radical (unpaired) electrons. The van der Waals surface area contributed by atoms with Crippen molar-refractivity contribution in [2.24, 2.45) is 22.7 Å². The van der Waals surface area contributed by atoms with Crippen LogP contribution in [0.4, 0.5) is 5.69 Å². The van der Waals surface area contributed by atoms with Crippen LogP contribution in [-0.2, 0) is 27.9 Å². The first kappa shape index (κ1) is 29.3. The highest BCUT2D eigenvalue weighted by molar-refractivity contribution is 7.89. The van der Waals surface area contributed by atoms with Crippen LogP contribution in [0.1, 0.15) is 60.0 Å². The van der Waals surface area contributed by atoms with Crippen molar-refractivity contribution in [1.29, 1.82) is 0 Å². The molecule has 4 N–H and O–H groups in total. The van der Waals surface area contributed by atoms with Crippen LogP contribution in [0.2, 0.25) is 5.02 Å². The molecule has 216 valence electrons. The van der Waals surface area contributed by atoms with E-state index in [0.717, 1.165) is 74.5 Å². The second-order valence-corrected chi connectivity index (χ2v) is 13.1. The van der Waals surface area contributed by atoms with Crippen LogP contribution < -0.4 is 20.5 Å². The molecule has 40 heavy (non-hydrogen) atoms. The van der Waals surface area contributed by atoms with E-state index in [1.807, 2.05) is 18.2 Å². The van der Waals surface area contributed by atoms with Gasteiger partial charge >= 0.3 is 0 Å². The number of fused-ring (bicyclic) bond motifs is 3. The lowest BCUT2D eigenvalue weighted by molar-refractivity contribution is 0.0132. The number of halogens is 1. The summed E-state index contributed by atoms with van der Waals surface area (Å²) in [6, 6.07) is 11.8. The fourth-order valence-corrected chi connectivity index (χ4v) is 7.42. The van der Waals surface area contributed by atoms with Crippen molar-refractivity contribution < 1.29 is 18.8 Å². The second kappa shape index (κ2) is 12.7. The van der Waals surface area contributed by atoms with E-state index >= 15 is 0 Å². The number of anilines is 1. The zero-order valence-electron chi connectivity index (χ0n) is 23.2. The van der Waals surface area contributed by atoms with Gasteiger partial charge in [-0.2, -0.15) is 5.14 Å². The minimum atomic E-state index is -1.25. The number of ether oxygens (including phenoxy) is 2. The van der Waals surface area contributed by atoms with E-state index in [0.29, 0.717) is 29.8 Å². The molecule has 1 heterocycles. The van der Waals surface area contributed by atoms with E-state index in [4.69, 9.17) is 31.9 Å². The Morgan fingerprint density at radius 1 is 1.32 bits per heavy atom. The summed E-state index contributed by atoms with van der Waals surface area (Å²) in [5.41, 5.74) is 9.55. The van der Waals surface area contributed by atoms with Gasteiger partial charge in [-0.15, -0.1) is 0 Å². The molecule has 1 amide bonds. The lowest BCUT2D eigenvalue weighted by Gasteiger charge is -2.46. The van der Waals surface area contributed by atoms with Crippen LogP contribution in [-0.4, -0.2) is 49.1 Å². The molecule has 1 unspecified atom stereocenters. The predicted octanol–water partition coefficient (Wildman–Crippen LogP) is 4.91. The minimum Gasteiger partial charge on any atom is -0.598 e. The molecule has 5 atom stereocenters. The fourth-order valence-electron chi connectivity index (χ4n) is 6.77. The molecule has 0 aromatic heterocycles. The number of unbranched alkanes of at least 4 members (excludes halogenated alkanes) is 1. The van der Waals surface area contributed by atoms with E-state index in [-0.39, 0.29) is 11.5 Å². The molecule has 3 aliphatic rings. The van der Waals surface area contributed by atoms with Crippen LogP contribution in [0.15, 0.2) is 48.6 Å². The average Bonchev–Trinajstić information content (AvgIpc) is 3.06. The number of nitrogens with two attached hydrogens (primary N) is 2. The van der Waals surface area contributed by atoms with Gasteiger partial charge in [-0.25, -0.2) is 0 Å². The first-order chi connectivity index (χ1) is 19.3. The minimum absolute atomic E-state index is 0.0216. The Hall–Kier alpha value is -2.23. The summed E-state index contributed by atoms with van der Waals surface area (Å²) in [4.78, 5) is 14.6. The number of benzene rings is 2. The van der Waals surface area contributed by atoms with Gasteiger partial charge < -0.3 is 24.7 Å². The Balaban J connectivity index is 1.41. The van der Waals surface area contributed by atoms with Gasteiger partial charge in [0.2, 0.25) is 5.91 Å². The van der Waals surface area contributed by atoms with Gasteiger partial charge in [0.05, 0.1) is 18.4 Å². The van der Waals surface area contributed by atoms with Gasteiger partial charge in [0.15, 0.2) is 0 Å². The van der Waals surface area contributed by atoms with E-state index in [1.54, 1.807) is 13.2 Å². The van der Waals surface area contributed by atoms with Gasteiger partial charge in [-0.3, -0.25) is 4.79 Å². The third-order valence-corrected chi connectivity index (χ3v) is 9.92. The van der Waals surface area contributed by atoms with Crippen molar-refractivity contribution in [2.75, 3.05) is 37.5 Å². The monoisotopic (exact) mass is 585 g/mol. The van der Waals surface area contributed by atoms with Crippen molar-refractivity contribution in [1.82, 2.24) is 0 Å². The number of hydrogen-bond donors (Lipinski definition) is 2. The quantitative estimate of drug-likeness (QED) is 0.233. The summed E-state index contributed by atoms with van der Waals surface area (Å²) in [7, 11) is 1.77. The lowest BCUT2D eigenvalue weighted by Crippen LogP contribution is -2.49. The van der Waals surface area contributed by atoms with Crippen molar-refractivity contribution in [3.05, 3.63) is 70.3 Å². The van der Waals surface area contributed by atoms with Crippen molar-refractivity contribution in [3.63, 3.8) is 0 Å². The molecule has 2 aromatic rings. The molecule has 5 rings (SSSR count). The van der Waals surface area contributed by atoms with E-state index in [9.17, 15) is 9.35 Å². The van der Waals surface area contributed by atoms with Gasteiger partial charge in [0.25, 0.3) is 0 Å².